The number of rotatable bonds is 1. The van der Waals surface area contributed by atoms with E-state index in [0.29, 0.717) is 0 Å². The van der Waals surface area contributed by atoms with E-state index >= 15 is 0 Å². The number of aromatic nitrogens is 1. The highest BCUT2D eigenvalue weighted by molar-refractivity contribution is 6.20. The van der Waals surface area contributed by atoms with Crippen molar-refractivity contribution in [1.82, 2.24) is 4.57 Å². The molecule has 2 heterocycles. The van der Waals surface area contributed by atoms with Gasteiger partial charge in [0.25, 0.3) is 0 Å². The molecular weight excluding hydrogens is 330 g/mol. The molecule has 0 N–H and O–H groups in total. The van der Waals surface area contributed by atoms with Crippen molar-refractivity contribution in [3.8, 4) is 0 Å². The third kappa shape index (κ3) is 2.13. The fourth-order valence-electron chi connectivity index (χ4n) is 5.20. The number of fused-ring (bicyclic) bond motifs is 7. The van der Waals surface area contributed by atoms with Crippen LogP contribution in [0.4, 0.5) is 0 Å². The van der Waals surface area contributed by atoms with Crippen LogP contribution in [0.1, 0.15) is 43.6 Å². The number of furan rings is 1. The van der Waals surface area contributed by atoms with E-state index < -0.39 is 0 Å². The van der Waals surface area contributed by atoms with Gasteiger partial charge in [0.2, 0.25) is 0 Å². The molecule has 1 aliphatic carbocycles. The highest BCUT2D eigenvalue weighted by atomic mass is 16.3. The van der Waals surface area contributed by atoms with E-state index in [1.807, 2.05) is 6.07 Å². The average molecular weight is 353 g/mol. The van der Waals surface area contributed by atoms with Gasteiger partial charge >= 0.3 is 0 Å². The van der Waals surface area contributed by atoms with E-state index in [9.17, 15) is 0 Å². The minimum Gasteiger partial charge on any atom is -0.454 e. The number of nitrogens with zero attached hydrogens (tertiary/aromatic N) is 1. The van der Waals surface area contributed by atoms with Crippen LogP contribution in [-0.4, -0.2) is 4.57 Å². The zero-order valence-corrected chi connectivity index (χ0v) is 15.7. The quantitative estimate of drug-likeness (QED) is 0.310. The SMILES string of the molecule is Cn1c2ccc(C3CCCCC3)cc2c2ccc3c4ccccc4oc3c21. The third-order valence-electron chi connectivity index (χ3n) is 6.60. The van der Waals surface area contributed by atoms with Gasteiger partial charge in [-0.3, -0.25) is 0 Å². The summed E-state index contributed by atoms with van der Waals surface area (Å²) in [5.74, 6) is 0.730. The third-order valence-corrected chi connectivity index (χ3v) is 6.60. The van der Waals surface area contributed by atoms with Gasteiger partial charge in [-0.05, 0) is 48.6 Å². The summed E-state index contributed by atoms with van der Waals surface area (Å²) in [5.41, 5.74) is 5.98. The molecule has 1 saturated carbocycles. The molecule has 3 aromatic carbocycles. The molecular formula is C25H23NO. The van der Waals surface area contributed by atoms with Gasteiger partial charge in [0.05, 0.1) is 5.52 Å². The summed E-state index contributed by atoms with van der Waals surface area (Å²) in [6.45, 7) is 0. The Bertz CT molecular complexity index is 1310. The van der Waals surface area contributed by atoms with Crippen LogP contribution in [0.5, 0.6) is 0 Å². The van der Waals surface area contributed by atoms with Crippen LogP contribution >= 0.6 is 0 Å². The summed E-state index contributed by atoms with van der Waals surface area (Å²) < 4.78 is 8.61. The van der Waals surface area contributed by atoms with Crippen molar-refractivity contribution >= 4 is 43.7 Å². The number of para-hydroxylation sites is 1. The molecule has 0 amide bonds. The average Bonchev–Trinajstić information content (AvgIpc) is 3.24. The first-order valence-electron chi connectivity index (χ1n) is 10.1. The van der Waals surface area contributed by atoms with E-state index in [1.165, 1.54) is 70.2 Å². The molecule has 0 unspecified atom stereocenters. The monoisotopic (exact) mass is 353 g/mol. The van der Waals surface area contributed by atoms with Crippen molar-refractivity contribution in [2.75, 3.05) is 0 Å². The zero-order chi connectivity index (χ0) is 18.0. The number of hydrogen-bond acceptors (Lipinski definition) is 1. The second-order valence-corrected chi connectivity index (χ2v) is 8.11. The summed E-state index contributed by atoms with van der Waals surface area (Å²) in [7, 11) is 2.16. The van der Waals surface area contributed by atoms with Crippen LogP contribution in [0.25, 0.3) is 43.7 Å². The fraction of sp³-hybridized carbons (Fsp3) is 0.280. The normalized spacial score (nSPS) is 16.2. The van der Waals surface area contributed by atoms with Crippen LogP contribution in [0.2, 0.25) is 0 Å². The predicted molar refractivity (Wildman–Crippen MR) is 114 cm³/mol. The molecule has 0 spiro atoms. The van der Waals surface area contributed by atoms with Gasteiger partial charge in [0.15, 0.2) is 5.58 Å². The maximum absolute atomic E-state index is 6.30. The molecule has 2 aromatic heterocycles. The van der Waals surface area contributed by atoms with Crippen molar-refractivity contribution in [2.24, 2.45) is 7.05 Å². The van der Waals surface area contributed by atoms with Crippen LogP contribution < -0.4 is 0 Å². The van der Waals surface area contributed by atoms with Crippen molar-refractivity contribution in [1.29, 1.82) is 0 Å². The maximum Gasteiger partial charge on any atom is 0.159 e. The summed E-state index contributed by atoms with van der Waals surface area (Å²) in [5, 5.41) is 5.06. The summed E-state index contributed by atoms with van der Waals surface area (Å²) in [4.78, 5) is 0. The minimum absolute atomic E-state index is 0.730. The Morgan fingerprint density at radius 3 is 2.52 bits per heavy atom. The molecule has 1 aliphatic rings. The van der Waals surface area contributed by atoms with Gasteiger partial charge in [0.1, 0.15) is 5.58 Å². The van der Waals surface area contributed by atoms with Crippen molar-refractivity contribution in [3.63, 3.8) is 0 Å². The molecule has 0 atom stereocenters. The van der Waals surface area contributed by atoms with E-state index in [2.05, 4.69) is 60.1 Å². The predicted octanol–water partition coefficient (Wildman–Crippen LogP) is 7.28. The Morgan fingerprint density at radius 2 is 1.63 bits per heavy atom. The lowest BCUT2D eigenvalue weighted by molar-refractivity contribution is 0.444. The van der Waals surface area contributed by atoms with Gasteiger partial charge in [0, 0.05) is 34.1 Å². The highest BCUT2D eigenvalue weighted by Gasteiger charge is 2.19. The van der Waals surface area contributed by atoms with Gasteiger partial charge in [-0.2, -0.15) is 0 Å². The van der Waals surface area contributed by atoms with Crippen LogP contribution in [-0.2, 0) is 7.05 Å². The summed E-state index contributed by atoms with van der Waals surface area (Å²) in [6, 6.07) is 20.0. The molecule has 0 aliphatic heterocycles. The van der Waals surface area contributed by atoms with Gasteiger partial charge in [-0.1, -0.05) is 49.6 Å². The molecule has 0 saturated heterocycles. The summed E-state index contributed by atoms with van der Waals surface area (Å²) in [6.07, 6.45) is 6.82. The maximum atomic E-state index is 6.30. The molecule has 0 bridgehead atoms. The Labute approximate surface area is 158 Å². The van der Waals surface area contributed by atoms with Gasteiger partial charge in [-0.15, -0.1) is 0 Å². The van der Waals surface area contributed by atoms with E-state index in [0.717, 1.165) is 17.1 Å². The van der Waals surface area contributed by atoms with Gasteiger partial charge in [-0.25, -0.2) is 0 Å². The van der Waals surface area contributed by atoms with E-state index in [-0.39, 0.29) is 0 Å². The fourth-order valence-corrected chi connectivity index (χ4v) is 5.20. The standard InChI is InChI=1S/C25H23NO/c1-26-22-14-11-17(16-7-3-2-4-8-16)15-21(22)19-12-13-20-18-9-5-6-10-23(18)27-25(20)24(19)26/h5-6,9-16H,2-4,7-8H2,1H3. The lowest BCUT2D eigenvalue weighted by Crippen LogP contribution is -2.04. The molecule has 2 nitrogen and oxygen atoms in total. The first-order valence-corrected chi connectivity index (χ1v) is 10.1. The summed E-state index contributed by atoms with van der Waals surface area (Å²) >= 11 is 0. The highest BCUT2D eigenvalue weighted by Crippen LogP contribution is 2.40. The first-order chi connectivity index (χ1) is 13.3. The van der Waals surface area contributed by atoms with Crippen molar-refractivity contribution < 1.29 is 4.42 Å². The Balaban J connectivity index is 1.67. The van der Waals surface area contributed by atoms with Gasteiger partial charge < -0.3 is 8.98 Å². The van der Waals surface area contributed by atoms with Crippen molar-refractivity contribution in [2.45, 2.75) is 38.0 Å². The van der Waals surface area contributed by atoms with Crippen LogP contribution in [0.3, 0.4) is 0 Å². The molecule has 6 rings (SSSR count). The lowest BCUT2D eigenvalue weighted by atomic mass is 9.84. The van der Waals surface area contributed by atoms with E-state index in [4.69, 9.17) is 4.42 Å². The Hall–Kier alpha value is -2.74. The van der Waals surface area contributed by atoms with E-state index in [1.54, 1.807) is 0 Å². The Kier molecular flexibility index (Phi) is 3.19. The number of hydrogen-bond donors (Lipinski definition) is 0. The lowest BCUT2D eigenvalue weighted by Gasteiger charge is -2.22. The largest absolute Gasteiger partial charge is 0.454 e. The van der Waals surface area contributed by atoms with Crippen molar-refractivity contribution in [3.05, 3.63) is 60.2 Å². The second-order valence-electron chi connectivity index (χ2n) is 8.11. The number of aryl methyl sites for hydroxylation is 1. The first kappa shape index (κ1) is 15.3. The zero-order valence-electron chi connectivity index (χ0n) is 15.7. The molecule has 27 heavy (non-hydrogen) atoms. The smallest absolute Gasteiger partial charge is 0.159 e. The molecule has 2 heteroatoms. The Morgan fingerprint density at radius 1 is 0.815 bits per heavy atom. The molecule has 5 aromatic rings. The second kappa shape index (κ2) is 5.63. The van der Waals surface area contributed by atoms with Crippen LogP contribution in [0.15, 0.2) is 59.0 Å². The molecule has 134 valence electrons. The number of benzene rings is 3. The molecule has 1 fully saturated rings. The molecule has 0 radical (unpaired) electrons. The topological polar surface area (TPSA) is 18.1 Å². The minimum atomic E-state index is 0.730. The van der Waals surface area contributed by atoms with Crippen LogP contribution in [0, 0.1) is 0 Å².